The predicted molar refractivity (Wildman–Crippen MR) is 63.8 cm³/mol. The van der Waals surface area contributed by atoms with E-state index >= 15 is 0 Å². The van der Waals surface area contributed by atoms with Gasteiger partial charge in [-0.25, -0.2) is 4.79 Å². The van der Waals surface area contributed by atoms with Gasteiger partial charge in [0.15, 0.2) is 0 Å². The molecule has 0 spiro atoms. The Morgan fingerprint density at radius 2 is 2.31 bits per heavy atom. The number of hydrogen-bond acceptors (Lipinski definition) is 2. The number of carboxylic acid groups (broad SMARTS) is 1. The van der Waals surface area contributed by atoms with Crippen molar-refractivity contribution in [3.05, 3.63) is 47.5 Å². The van der Waals surface area contributed by atoms with Crippen LogP contribution in [0.1, 0.15) is 5.56 Å². The normalized spacial score (nSPS) is 10.3. The Morgan fingerprint density at radius 1 is 1.56 bits per heavy atom. The minimum atomic E-state index is -1.02. The van der Waals surface area contributed by atoms with Gasteiger partial charge in [-0.05, 0) is 24.3 Å². The first-order valence-electron chi connectivity index (χ1n) is 4.57. The maximum absolute atomic E-state index is 10.4. The molecule has 4 heteroatoms. The summed E-state index contributed by atoms with van der Waals surface area (Å²) in [6, 6.07) is 5.00. The summed E-state index contributed by atoms with van der Waals surface area (Å²) in [4.78, 5) is 10.4. The molecule has 0 unspecified atom stereocenters. The Kier molecular flexibility index (Phi) is 4.61. The van der Waals surface area contributed by atoms with Crippen molar-refractivity contribution in [2.75, 3.05) is 6.61 Å². The van der Waals surface area contributed by atoms with Crippen LogP contribution in [0, 0.1) is 0 Å². The highest BCUT2D eigenvalue weighted by atomic mass is 35.5. The van der Waals surface area contributed by atoms with Gasteiger partial charge >= 0.3 is 5.97 Å². The molecule has 1 N–H and O–H groups in total. The maximum atomic E-state index is 10.4. The zero-order chi connectivity index (χ0) is 12.0. The lowest BCUT2D eigenvalue weighted by Crippen LogP contribution is -1.95. The number of halogens is 1. The lowest BCUT2D eigenvalue weighted by Gasteiger charge is -2.07. The molecule has 16 heavy (non-hydrogen) atoms. The second-order valence-electron chi connectivity index (χ2n) is 2.95. The van der Waals surface area contributed by atoms with E-state index in [4.69, 9.17) is 21.4 Å². The number of aliphatic carboxylic acids is 1. The topological polar surface area (TPSA) is 46.5 Å². The van der Waals surface area contributed by atoms with Gasteiger partial charge in [0.25, 0.3) is 0 Å². The minimum Gasteiger partial charge on any atom is -0.489 e. The summed E-state index contributed by atoms with van der Waals surface area (Å²) >= 11 is 5.81. The molecular formula is C12H11ClO3. The van der Waals surface area contributed by atoms with Gasteiger partial charge in [-0.15, -0.1) is 0 Å². The van der Waals surface area contributed by atoms with E-state index in [0.717, 1.165) is 6.08 Å². The van der Waals surface area contributed by atoms with Crippen molar-refractivity contribution in [1.29, 1.82) is 0 Å². The maximum Gasteiger partial charge on any atom is 0.328 e. The molecule has 0 bridgehead atoms. The van der Waals surface area contributed by atoms with Gasteiger partial charge in [-0.1, -0.05) is 24.3 Å². The molecule has 0 radical (unpaired) electrons. The van der Waals surface area contributed by atoms with Gasteiger partial charge in [0.1, 0.15) is 12.4 Å². The van der Waals surface area contributed by atoms with E-state index in [-0.39, 0.29) is 0 Å². The van der Waals surface area contributed by atoms with Crippen molar-refractivity contribution in [2.45, 2.75) is 0 Å². The second kappa shape index (κ2) is 5.98. The highest BCUT2D eigenvalue weighted by Gasteiger charge is 2.01. The fourth-order valence-electron chi connectivity index (χ4n) is 1.09. The van der Waals surface area contributed by atoms with Crippen molar-refractivity contribution < 1.29 is 14.6 Å². The summed E-state index contributed by atoms with van der Waals surface area (Å²) in [5.41, 5.74) is 0.622. The molecule has 0 amide bonds. The van der Waals surface area contributed by atoms with Crippen LogP contribution in [-0.2, 0) is 4.79 Å². The molecular weight excluding hydrogens is 228 g/mol. The second-order valence-corrected chi connectivity index (χ2v) is 3.39. The van der Waals surface area contributed by atoms with Crippen LogP contribution < -0.4 is 4.74 Å². The van der Waals surface area contributed by atoms with Crippen molar-refractivity contribution >= 4 is 23.6 Å². The Balaban J connectivity index is 2.97. The lowest BCUT2D eigenvalue weighted by atomic mass is 10.2. The molecule has 0 aromatic heterocycles. The first kappa shape index (κ1) is 12.3. The quantitative estimate of drug-likeness (QED) is 0.634. The number of ether oxygens (including phenoxy) is 1. The Bertz CT molecular complexity index is 424. The van der Waals surface area contributed by atoms with E-state index in [0.29, 0.717) is 22.9 Å². The molecule has 1 aromatic carbocycles. The van der Waals surface area contributed by atoms with Gasteiger partial charge < -0.3 is 9.84 Å². The highest BCUT2D eigenvalue weighted by molar-refractivity contribution is 6.30. The first-order chi connectivity index (χ1) is 7.63. The van der Waals surface area contributed by atoms with Crippen LogP contribution in [0.5, 0.6) is 5.75 Å². The number of carboxylic acids is 1. The highest BCUT2D eigenvalue weighted by Crippen LogP contribution is 2.24. The lowest BCUT2D eigenvalue weighted by molar-refractivity contribution is -0.131. The molecule has 0 aliphatic carbocycles. The van der Waals surface area contributed by atoms with E-state index in [1.54, 1.807) is 24.3 Å². The van der Waals surface area contributed by atoms with Crippen LogP contribution in [0.15, 0.2) is 36.9 Å². The number of rotatable bonds is 5. The fourth-order valence-corrected chi connectivity index (χ4v) is 1.27. The van der Waals surface area contributed by atoms with Crippen molar-refractivity contribution in [2.24, 2.45) is 0 Å². The van der Waals surface area contributed by atoms with E-state index < -0.39 is 5.97 Å². The van der Waals surface area contributed by atoms with E-state index in [2.05, 4.69) is 6.58 Å². The first-order valence-corrected chi connectivity index (χ1v) is 4.95. The molecule has 3 nitrogen and oxygen atoms in total. The summed E-state index contributed by atoms with van der Waals surface area (Å²) in [6.45, 7) is 3.89. The summed E-state index contributed by atoms with van der Waals surface area (Å²) < 4.78 is 5.35. The zero-order valence-corrected chi connectivity index (χ0v) is 9.28. The van der Waals surface area contributed by atoms with Gasteiger partial charge in [0.05, 0.1) is 0 Å². The smallest absolute Gasteiger partial charge is 0.328 e. The van der Waals surface area contributed by atoms with Crippen LogP contribution in [0.2, 0.25) is 5.02 Å². The molecule has 0 fully saturated rings. The average molecular weight is 239 g/mol. The zero-order valence-electron chi connectivity index (χ0n) is 8.52. The van der Waals surface area contributed by atoms with Gasteiger partial charge in [0.2, 0.25) is 0 Å². The third-order valence-electron chi connectivity index (χ3n) is 1.73. The molecule has 1 aromatic rings. The van der Waals surface area contributed by atoms with E-state index in [1.165, 1.54) is 6.08 Å². The largest absolute Gasteiger partial charge is 0.489 e. The number of carbonyl (C=O) groups is 1. The van der Waals surface area contributed by atoms with Crippen LogP contribution in [0.25, 0.3) is 6.08 Å². The number of hydrogen-bond donors (Lipinski definition) is 1. The fraction of sp³-hybridized carbons (Fsp3) is 0.0833. The summed E-state index contributed by atoms with van der Waals surface area (Å²) in [7, 11) is 0. The summed E-state index contributed by atoms with van der Waals surface area (Å²) in [6.07, 6.45) is 4.08. The van der Waals surface area contributed by atoms with Gasteiger partial charge in [-0.3, -0.25) is 0 Å². The van der Waals surface area contributed by atoms with Crippen LogP contribution in [-0.4, -0.2) is 17.7 Å². The van der Waals surface area contributed by atoms with Crippen molar-refractivity contribution in [3.8, 4) is 5.75 Å². The monoisotopic (exact) mass is 238 g/mol. The van der Waals surface area contributed by atoms with Gasteiger partial charge in [-0.2, -0.15) is 0 Å². The van der Waals surface area contributed by atoms with Crippen LogP contribution >= 0.6 is 11.6 Å². The minimum absolute atomic E-state index is 0.357. The third kappa shape index (κ3) is 3.79. The van der Waals surface area contributed by atoms with Gasteiger partial charge in [0, 0.05) is 16.7 Å². The molecule has 84 valence electrons. The van der Waals surface area contributed by atoms with Crippen LogP contribution in [0.3, 0.4) is 0 Å². The molecule has 0 aliphatic rings. The Hall–Kier alpha value is -1.74. The molecule has 0 aliphatic heterocycles. The Labute approximate surface area is 98.6 Å². The molecule has 0 heterocycles. The molecule has 0 saturated carbocycles. The van der Waals surface area contributed by atoms with E-state index in [9.17, 15) is 4.79 Å². The summed E-state index contributed by atoms with van der Waals surface area (Å²) in [5, 5.41) is 9.06. The number of benzene rings is 1. The Morgan fingerprint density at radius 3 is 2.94 bits per heavy atom. The van der Waals surface area contributed by atoms with Crippen molar-refractivity contribution in [1.82, 2.24) is 0 Å². The SMILES string of the molecule is C=CCOc1ccc(Cl)cc1/C=C/C(=O)O. The van der Waals surface area contributed by atoms with Crippen molar-refractivity contribution in [3.63, 3.8) is 0 Å². The molecule has 0 saturated heterocycles. The van der Waals surface area contributed by atoms with E-state index in [1.807, 2.05) is 0 Å². The molecule has 1 rings (SSSR count). The predicted octanol–water partition coefficient (Wildman–Crippen LogP) is 3.00. The third-order valence-corrected chi connectivity index (χ3v) is 1.97. The summed E-state index contributed by atoms with van der Waals surface area (Å²) in [5.74, 6) is -0.448. The average Bonchev–Trinajstić information content (AvgIpc) is 2.25. The van der Waals surface area contributed by atoms with Crippen LogP contribution in [0.4, 0.5) is 0 Å². The molecule has 0 atom stereocenters. The standard InChI is InChI=1S/C12H11ClO3/c1-2-7-16-11-5-4-10(13)8-9(11)3-6-12(14)15/h2-6,8H,1,7H2,(H,14,15)/b6-3+.